The Labute approximate surface area is 148 Å². The van der Waals surface area contributed by atoms with Crippen molar-refractivity contribution < 1.29 is 14.3 Å². The van der Waals surface area contributed by atoms with E-state index < -0.39 is 0 Å². The Hall–Kier alpha value is -2.33. The van der Waals surface area contributed by atoms with Gasteiger partial charge >= 0.3 is 0 Å². The predicted molar refractivity (Wildman–Crippen MR) is 96.3 cm³/mol. The van der Waals surface area contributed by atoms with Crippen molar-refractivity contribution in [2.24, 2.45) is 5.92 Å². The van der Waals surface area contributed by atoms with Crippen LogP contribution in [0.1, 0.15) is 27.9 Å². The van der Waals surface area contributed by atoms with Crippen LogP contribution in [0.2, 0.25) is 0 Å². The number of ether oxygens (including phenoxy) is 2. The van der Waals surface area contributed by atoms with E-state index in [9.17, 15) is 4.79 Å². The van der Waals surface area contributed by atoms with Gasteiger partial charge in [-0.1, -0.05) is 23.8 Å². The molecule has 0 bridgehead atoms. The molecule has 2 aliphatic rings. The number of ketones is 1. The molecule has 4 rings (SSSR count). The molecule has 0 radical (unpaired) electrons. The van der Waals surface area contributed by atoms with Crippen LogP contribution in [0.25, 0.3) is 0 Å². The number of carbonyl (C=O) groups is 1. The summed E-state index contributed by atoms with van der Waals surface area (Å²) in [5, 5.41) is 0. The molecule has 0 aromatic heterocycles. The first-order valence-corrected chi connectivity index (χ1v) is 8.81. The predicted octanol–water partition coefficient (Wildman–Crippen LogP) is 3.47. The highest BCUT2D eigenvalue weighted by Crippen LogP contribution is 2.35. The number of carbonyl (C=O) groups excluding carboxylic acids is 1. The minimum absolute atomic E-state index is 0.00910. The van der Waals surface area contributed by atoms with E-state index in [1.54, 1.807) is 7.11 Å². The molecule has 25 heavy (non-hydrogen) atoms. The van der Waals surface area contributed by atoms with Crippen molar-refractivity contribution in [3.8, 4) is 11.5 Å². The van der Waals surface area contributed by atoms with Gasteiger partial charge in [0.1, 0.15) is 17.6 Å². The first-order valence-electron chi connectivity index (χ1n) is 8.81. The van der Waals surface area contributed by atoms with E-state index in [-0.39, 0.29) is 17.8 Å². The number of fused-ring (bicyclic) bond motifs is 2. The average molecular weight is 337 g/mol. The molecule has 130 valence electrons. The molecule has 2 aliphatic heterocycles. The second kappa shape index (κ2) is 6.52. The quantitative estimate of drug-likeness (QED) is 0.860. The molecule has 2 aromatic carbocycles. The maximum absolute atomic E-state index is 13.0. The van der Waals surface area contributed by atoms with Crippen molar-refractivity contribution in [3.63, 3.8) is 0 Å². The minimum atomic E-state index is -0.0682. The van der Waals surface area contributed by atoms with Crippen LogP contribution >= 0.6 is 0 Å². The van der Waals surface area contributed by atoms with Crippen LogP contribution in [0.15, 0.2) is 42.5 Å². The lowest BCUT2D eigenvalue weighted by Gasteiger charge is -2.40. The highest BCUT2D eigenvalue weighted by atomic mass is 16.5. The lowest BCUT2D eigenvalue weighted by atomic mass is 9.84. The van der Waals surface area contributed by atoms with Gasteiger partial charge in [0.15, 0.2) is 5.78 Å². The van der Waals surface area contributed by atoms with Gasteiger partial charge in [-0.25, -0.2) is 0 Å². The Bertz CT molecular complexity index is 784. The number of benzene rings is 2. The summed E-state index contributed by atoms with van der Waals surface area (Å²) < 4.78 is 11.3. The molecule has 0 saturated carbocycles. The summed E-state index contributed by atoms with van der Waals surface area (Å²) in [6.07, 6.45) is 0.898. The Morgan fingerprint density at radius 3 is 2.76 bits per heavy atom. The van der Waals surface area contributed by atoms with Crippen molar-refractivity contribution in [2.45, 2.75) is 26.0 Å². The van der Waals surface area contributed by atoms with Gasteiger partial charge in [-0.05, 0) is 43.2 Å². The van der Waals surface area contributed by atoms with E-state index in [1.165, 1.54) is 5.56 Å². The lowest BCUT2D eigenvalue weighted by molar-refractivity contribution is 0.0267. The molecule has 1 saturated heterocycles. The van der Waals surface area contributed by atoms with Gasteiger partial charge in [-0.15, -0.1) is 0 Å². The fourth-order valence-corrected chi connectivity index (χ4v) is 3.83. The zero-order valence-corrected chi connectivity index (χ0v) is 14.7. The summed E-state index contributed by atoms with van der Waals surface area (Å²) in [5.74, 6) is 1.78. The van der Waals surface area contributed by atoms with Gasteiger partial charge in [0, 0.05) is 19.6 Å². The summed E-state index contributed by atoms with van der Waals surface area (Å²) in [4.78, 5) is 15.3. The molecule has 2 heterocycles. The van der Waals surface area contributed by atoms with Crippen molar-refractivity contribution in [2.75, 3.05) is 20.2 Å². The summed E-state index contributed by atoms with van der Waals surface area (Å²) in [6.45, 7) is 4.56. The first-order chi connectivity index (χ1) is 12.1. The fourth-order valence-electron chi connectivity index (χ4n) is 3.83. The number of aryl methyl sites for hydroxylation is 1. The third-order valence-electron chi connectivity index (χ3n) is 5.21. The van der Waals surface area contributed by atoms with Gasteiger partial charge in [0.05, 0.1) is 18.6 Å². The molecule has 4 nitrogen and oxygen atoms in total. The molecule has 0 aliphatic carbocycles. The Balaban J connectivity index is 1.49. The fraction of sp³-hybridized carbons (Fsp3) is 0.381. The van der Waals surface area contributed by atoms with Crippen LogP contribution in [0.5, 0.6) is 11.5 Å². The topological polar surface area (TPSA) is 38.8 Å². The van der Waals surface area contributed by atoms with E-state index in [1.807, 2.05) is 37.3 Å². The summed E-state index contributed by atoms with van der Waals surface area (Å²) in [6, 6.07) is 14.0. The molecule has 0 amide bonds. The van der Waals surface area contributed by atoms with Crippen LogP contribution in [0.3, 0.4) is 0 Å². The first kappa shape index (κ1) is 16.2. The van der Waals surface area contributed by atoms with Crippen molar-refractivity contribution in [3.05, 3.63) is 59.2 Å². The number of hydrogen-bond donors (Lipinski definition) is 0. The minimum Gasteiger partial charge on any atom is -0.497 e. The van der Waals surface area contributed by atoms with E-state index >= 15 is 0 Å². The lowest BCUT2D eigenvalue weighted by Crippen LogP contribution is -2.50. The molecule has 2 atom stereocenters. The number of nitrogens with zero attached hydrogens (tertiary/aromatic N) is 1. The van der Waals surface area contributed by atoms with Gasteiger partial charge in [0.2, 0.25) is 0 Å². The van der Waals surface area contributed by atoms with Crippen LogP contribution in [0.4, 0.5) is 0 Å². The van der Waals surface area contributed by atoms with Gasteiger partial charge < -0.3 is 9.47 Å². The SMILES string of the molecule is COc1ccc(CN2CC[C@@H]3Oc4ccc(C)cc4C(=O)[C@@H]3C2)cc1. The van der Waals surface area contributed by atoms with E-state index in [0.29, 0.717) is 0 Å². The molecular weight excluding hydrogens is 314 g/mol. The third-order valence-corrected chi connectivity index (χ3v) is 5.21. The maximum atomic E-state index is 13.0. The second-order valence-electron chi connectivity index (χ2n) is 7.00. The second-order valence-corrected chi connectivity index (χ2v) is 7.00. The molecule has 0 unspecified atom stereocenters. The van der Waals surface area contributed by atoms with Gasteiger partial charge in [0.25, 0.3) is 0 Å². The number of Topliss-reactive ketones (excluding diaryl/α,β-unsaturated/α-hetero) is 1. The van der Waals surface area contributed by atoms with Crippen LogP contribution in [0, 0.1) is 12.8 Å². The molecule has 0 N–H and O–H groups in total. The van der Waals surface area contributed by atoms with Gasteiger partial charge in [-0.2, -0.15) is 0 Å². The highest BCUT2D eigenvalue weighted by Gasteiger charge is 2.40. The summed E-state index contributed by atoms with van der Waals surface area (Å²) in [7, 11) is 1.67. The Morgan fingerprint density at radius 2 is 2.00 bits per heavy atom. The Kier molecular flexibility index (Phi) is 4.22. The van der Waals surface area contributed by atoms with Crippen LogP contribution in [-0.2, 0) is 6.54 Å². The monoisotopic (exact) mass is 337 g/mol. The van der Waals surface area contributed by atoms with Crippen molar-refractivity contribution in [1.82, 2.24) is 4.90 Å². The zero-order chi connectivity index (χ0) is 17.4. The average Bonchev–Trinajstić information content (AvgIpc) is 2.64. The Morgan fingerprint density at radius 1 is 1.20 bits per heavy atom. The number of methoxy groups -OCH3 is 1. The van der Waals surface area contributed by atoms with Crippen molar-refractivity contribution >= 4 is 5.78 Å². The van der Waals surface area contributed by atoms with Crippen LogP contribution in [-0.4, -0.2) is 37.0 Å². The number of rotatable bonds is 3. The van der Waals surface area contributed by atoms with E-state index in [2.05, 4.69) is 17.0 Å². The molecule has 2 aromatic rings. The van der Waals surface area contributed by atoms with Crippen molar-refractivity contribution in [1.29, 1.82) is 0 Å². The number of likely N-dealkylation sites (tertiary alicyclic amines) is 1. The molecule has 4 heteroatoms. The largest absolute Gasteiger partial charge is 0.497 e. The highest BCUT2D eigenvalue weighted by molar-refractivity contribution is 6.02. The smallest absolute Gasteiger partial charge is 0.174 e. The number of piperidine rings is 1. The number of hydrogen-bond acceptors (Lipinski definition) is 4. The van der Waals surface area contributed by atoms with E-state index in [0.717, 1.165) is 48.7 Å². The summed E-state index contributed by atoms with van der Waals surface area (Å²) >= 11 is 0. The molecule has 1 fully saturated rings. The standard InChI is InChI=1S/C21H23NO3/c1-14-3-8-19-17(11-14)21(23)18-13-22(10-9-20(18)25-19)12-15-4-6-16(24-2)7-5-15/h3-8,11,18,20H,9-10,12-13H2,1-2H3/t18-,20+/m1/s1. The normalized spacial score (nSPS) is 22.7. The summed E-state index contributed by atoms with van der Waals surface area (Å²) in [5.41, 5.74) is 3.08. The third kappa shape index (κ3) is 3.14. The van der Waals surface area contributed by atoms with Crippen LogP contribution < -0.4 is 9.47 Å². The molecule has 0 spiro atoms. The molecular formula is C21H23NO3. The van der Waals surface area contributed by atoms with E-state index in [4.69, 9.17) is 9.47 Å². The zero-order valence-electron chi connectivity index (χ0n) is 14.7. The van der Waals surface area contributed by atoms with Gasteiger partial charge in [-0.3, -0.25) is 9.69 Å². The maximum Gasteiger partial charge on any atom is 0.174 e.